The smallest absolute Gasteiger partial charge is 0.165 e. The van der Waals surface area contributed by atoms with Crippen molar-refractivity contribution in [2.75, 3.05) is 27.3 Å². The van der Waals surface area contributed by atoms with Crippen molar-refractivity contribution in [1.29, 1.82) is 0 Å². The largest absolute Gasteiger partial charge is 0.493 e. The number of piperidine rings is 1. The molecule has 0 radical (unpaired) electrons. The predicted octanol–water partition coefficient (Wildman–Crippen LogP) is 4.34. The number of rotatable bonds is 6. The van der Waals surface area contributed by atoms with E-state index in [1.807, 2.05) is 0 Å². The van der Waals surface area contributed by atoms with Gasteiger partial charge in [0.15, 0.2) is 11.5 Å². The van der Waals surface area contributed by atoms with E-state index >= 15 is 0 Å². The predicted molar refractivity (Wildman–Crippen MR) is 133 cm³/mol. The number of nitrogens with zero attached hydrogens (tertiary/aromatic N) is 1. The van der Waals surface area contributed by atoms with E-state index in [0.29, 0.717) is 6.04 Å². The number of benzene rings is 2. The van der Waals surface area contributed by atoms with Gasteiger partial charge in [0.1, 0.15) is 17.5 Å². The molecule has 2 aromatic carbocycles. The summed E-state index contributed by atoms with van der Waals surface area (Å²) in [4.78, 5) is 15.9. The highest BCUT2D eigenvalue weighted by atomic mass is 16.6. The van der Waals surface area contributed by atoms with Crippen molar-refractivity contribution >= 4 is 5.78 Å². The second-order valence-electron chi connectivity index (χ2n) is 11.5. The summed E-state index contributed by atoms with van der Waals surface area (Å²) in [5, 5.41) is 0. The number of hydrogen-bond acceptors (Lipinski definition) is 5. The van der Waals surface area contributed by atoms with Crippen LogP contribution in [0.1, 0.15) is 49.3 Å². The summed E-state index contributed by atoms with van der Waals surface area (Å²) in [6.45, 7) is 3.87. The minimum absolute atomic E-state index is 0.0217. The number of ether oxygens (including phenoxy) is 3. The van der Waals surface area contributed by atoms with Crippen molar-refractivity contribution in [2.45, 2.75) is 68.6 Å². The van der Waals surface area contributed by atoms with Gasteiger partial charge in [0.05, 0.1) is 13.0 Å². The molecule has 1 saturated heterocycles. The standard InChI is InChI=1S/C30H35NO4/c1-19(32)22-18-28-12-13-30(22,34-3)27-29(28)14-16-31(15-11-20-7-5-4-6-8-20)24(28)17-21-9-10-23(33-2)26(35-27)25(21)29/h4-10,22,24,27H,11-18H2,1-3H3/t22-,24-,27-,28-,29+,30-/m1/s1. The van der Waals surface area contributed by atoms with Crippen LogP contribution in [-0.4, -0.2) is 55.7 Å². The van der Waals surface area contributed by atoms with Crippen molar-refractivity contribution in [1.82, 2.24) is 4.90 Å². The first-order chi connectivity index (χ1) is 17.0. The molecule has 0 aromatic heterocycles. The molecule has 6 aliphatic rings. The number of likely N-dealkylation sites (tertiary alicyclic amines) is 1. The summed E-state index contributed by atoms with van der Waals surface area (Å²) in [6.07, 6.45) is 5.86. The van der Waals surface area contributed by atoms with Gasteiger partial charge in [0.2, 0.25) is 0 Å². The zero-order valence-electron chi connectivity index (χ0n) is 21.0. The van der Waals surface area contributed by atoms with Gasteiger partial charge < -0.3 is 14.2 Å². The fourth-order valence-electron chi connectivity index (χ4n) is 9.36. The molecule has 2 spiro atoms. The fraction of sp³-hybridized carbons (Fsp3) is 0.567. The zero-order valence-corrected chi connectivity index (χ0v) is 21.0. The monoisotopic (exact) mass is 473 g/mol. The average molecular weight is 474 g/mol. The molecule has 0 N–H and O–H groups in total. The number of carbonyl (C=O) groups is 1. The molecule has 0 amide bonds. The zero-order chi connectivity index (χ0) is 24.0. The topological polar surface area (TPSA) is 48.0 Å². The number of ketones is 1. The van der Waals surface area contributed by atoms with Gasteiger partial charge in [-0.05, 0) is 69.2 Å². The van der Waals surface area contributed by atoms with Crippen LogP contribution in [0, 0.1) is 11.3 Å². The van der Waals surface area contributed by atoms with Crippen molar-refractivity contribution in [3.8, 4) is 11.5 Å². The third-order valence-electron chi connectivity index (χ3n) is 10.7. The summed E-state index contributed by atoms with van der Waals surface area (Å²) >= 11 is 0. The van der Waals surface area contributed by atoms with Crippen molar-refractivity contribution in [3.05, 3.63) is 59.2 Å². The molecule has 6 atom stereocenters. The summed E-state index contributed by atoms with van der Waals surface area (Å²) in [6, 6.07) is 15.6. The molecule has 2 heterocycles. The first-order valence-corrected chi connectivity index (χ1v) is 13.2. The Balaban J connectivity index is 1.39. The maximum atomic E-state index is 13.1. The first-order valence-electron chi connectivity index (χ1n) is 13.2. The van der Waals surface area contributed by atoms with Gasteiger partial charge in [0.25, 0.3) is 0 Å². The number of Topliss-reactive ketones (excluding diaryl/α,β-unsaturated/α-hetero) is 1. The third kappa shape index (κ3) is 2.49. The fourth-order valence-corrected chi connectivity index (χ4v) is 9.36. The van der Waals surface area contributed by atoms with E-state index in [1.54, 1.807) is 21.1 Å². The molecule has 3 saturated carbocycles. The van der Waals surface area contributed by atoms with Crippen LogP contribution >= 0.6 is 0 Å². The van der Waals surface area contributed by atoms with E-state index in [-0.39, 0.29) is 28.6 Å². The molecule has 4 bridgehead atoms. The second kappa shape index (κ2) is 7.33. The molecule has 5 nitrogen and oxygen atoms in total. The summed E-state index contributed by atoms with van der Waals surface area (Å²) in [7, 11) is 3.53. The van der Waals surface area contributed by atoms with Crippen LogP contribution in [-0.2, 0) is 27.8 Å². The molecular formula is C30H35NO4. The van der Waals surface area contributed by atoms with Gasteiger partial charge in [-0.15, -0.1) is 0 Å². The highest BCUT2D eigenvalue weighted by molar-refractivity contribution is 5.81. The molecule has 8 rings (SSSR count). The molecule has 4 fully saturated rings. The van der Waals surface area contributed by atoms with Gasteiger partial charge in [-0.25, -0.2) is 0 Å². The Bertz CT molecular complexity index is 1200. The third-order valence-corrected chi connectivity index (χ3v) is 10.7. The van der Waals surface area contributed by atoms with Gasteiger partial charge >= 0.3 is 0 Å². The maximum Gasteiger partial charge on any atom is 0.165 e. The Labute approximate surface area is 207 Å². The Morgan fingerprint density at radius 3 is 2.69 bits per heavy atom. The van der Waals surface area contributed by atoms with Crippen LogP contribution in [0.3, 0.4) is 0 Å². The number of hydrogen-bond donors (Lipinski definition) is 0. The van der Waals surface area contributed by atoms with Crippen molar-refractivity contribution in [3.63, 3.8) is 0 Å². The summed E-state index contributed by atoms with van der Waals surface area (Å²) in [5.74, 6) is 1.85. The van der Waals surface area contributed by atoms with Gasteiger partial charge in [-0.1, -0.05) is 36.4 Å². The lowest BCUT2D eigenvalue weighted by Crippen LogP contribution is -2.81. The SMILES string of the molecule is COc1ccc2c3c1O[C@H]1[C@@]4(OC)CC[C@@]5(C[C@@H]4C(C)=O)[C@@H](C2)N(CCc2ccccc2)CC[C@]315. The number of fused-ring (bicyclic) bond motifs is 2. The molecule has 5 heteroatoms. The summed E-state index contributed by atoms with van der Waals surface area (Å²) in [5.41, 5.74) is 3.52. The van der Waals surface area contributed by atoms with E-state index in [1.165, 1.54) is 16.7 Å². The lowest BCUT2D eigenvalue weighted by Gasteiger charge is -2.73. The quantitative estimate of drug-likeness (QED) is 0.625. The number of carbonyl (C=O) groups excluding carboxylic acids is 1. The van der Waals surface area contributed by atoms with Crippen LogP contribution < -0.4 is 9.47 Å². The van der Waals surface area contributed by atoms with Crippen molar-refractivity contribution in [2.24, 2.45) is 11.3 Å². The molecule has 2 aromatic rings. The molecule has 35 heavy (non-hydrogen) atoms. The lowest BCUT2D eigenvalue weighted by atomic mass is 9.34. The van der Waals surface area contributed by atoms with Crippen molar-refractivity contribution < 1.29 is 19.0 Å². The van der Waals surface area contributed by atoms with Gasteiger partial charge in [-0.3, -0.25) is 9.69 Å². The van der Waals surface area contributed by atoms with Gasteiger partial charge in [0, 0.05) is 36.1 Å². The molecular weight excluding hydrogens is 438 g/mol. The summed E-state index contributed by atoms with van der Waals surface area (Å²) < 4.78 is 19.1. The van der Waals surface area contributed by atoms with Crippen LogP contribution in [0.15, 0.2) is 42.5 Å². The number of methoxy groups -OCH3 is 2. The minimum Gasteiger partial charge on any atom is -0.493 e. The van der Waals surface area contributed by atoms with E-state index in [0.717, 1.165) is 63.1 Å². The van der Waals surface area contributed by atoms with Crippen LogP contribution in [0.2, 0.25) is 0 Å². The normalized spacial score (nSPS) is 38.1. The first kappa shape index (κ1) is 21.9. The van der Waals surface area contributed by atoms with Crippen LogP contribution in [0.4, 0.5) is 0 Å². The van der Waals surface area contributed by atoms with E-state index in [9.17, 15) is 4.79 Å². The van der Waals surface area contributed by atoms with E-state index < -0.39 is 5.60 Å². The molecule has 4 aliphatic carbocycles. The molecule has 184 valence electrons. The van der Waals surface area contributed by atoms with Gasteiger partial charge in [-0.2, -0.15) is 0 Å². The highest BCUT2D eigenvalue weighted by Gasteiger charge is 2.81. The molecule has 0 unspecified atom stereocenters. The maximum absolute atomic E-state index is 13.1. The van der Waals surface area contributed by atoms with Crippen LogP contribution in [0.25, 0.3) is 0 Å². The van der Waals surface area contributed by atoms with Crippen LogP contribution in [0.5, 0.6) is 11.5 Å². The Morgan fingerprint density at radius 2 is 1.94 bits per heavy atom. The lowest BCUT2D eigenvalue weighted by molar-refractivity contribution is -0.271. The Hall–Kier alpha value is -2.37. The Morgan fingerprint density at radius 1 is 1.11 bits per heavy atom. The van der Waals surface area contributed by atoms with E-state index in [4.69, 9.17) is 14.2 Å². The Kier molecular flexibility index (Phi) is 4.58. The van der Waals surface area contributed by atoms with E-state index in [2.05, 4.69) is 47.4 Å². The molecule has 2 aliphatic heterocycles. The average Bonchev–Trinajstić information content (AvgIpc) is 3.25. The minimum atomic E-state index is -0.566. The second-order valence-corrected chi connectivity index (χ2v) is 11.5. The highest BCUT2D eigenvalue weighted by Crippen LogP contribution is 2.76.